The number of hydrogen-bond acceptors (Lipinski definition) is 3. The lowest BCUT2D eigenvalue weighted by molar-refractivity contribution is -0.122. The maximum absolute atomic E-state index is 13.1. The zero-order chi connectivity index (χ0) is 20.3. The van der Waals surface area contributed by atoms with Gasteiger partial charge in [-0.05, 0) is 47.4 Å². The van der Waals surface area contributed by atoms with Crippen molar-refractivity contribution in [3.05, 3.63) is 95.6 Å². The summed E-state index contributed by atoms with van der Waals surface area (Å²) in [6.07, 6.45) is 0.758. The molecule has 1 N–H and O–H groups in total. The van der Waals surface area contributed by atoms with Gasteiger partial charge in [-0.25, -0.2) is 0 Å². The van der Waals surface area contributed by atoms with E-state index in [1.807, 2.05) is 66.7 Å². The van der Waals surface area contributed by atoms with Crippen LogP contribution < -0.4 is 14.8 Å². The Kier molecular flexibility index (Phi) is 5.26. The molecule has 1 aliphatic carbocycles. The molecule has 4 heteroatoms. The van der Waals surface area contributed by atoms with Gasteiger partial charge in [-0.1, -0.05) is 54.6 Å². The molecule has 0 aromatic heterocycles. The molecule has 0 saturated heterocycles. The summed E-state index contributed by atoms with van der Waals surface area (Å²) < 4.78 is 10.9. The first-order valence-corrected chi connectivity index (χ1v) is 9.78. The minimum atomic E-state index is -0.371. The Morgan fingerprint density at radius 1 is 0.897 bits per heavy atom. The highest BCUT2D eigenvalue weighted by Crippen LogP contribution is 2.59. The van der Waals surface area contributed by atoms with Crippen LogP contribution in [0.2, 0.25) is 0 Å². The van der Waals surface area contributed by atoms with Gasteiger partial charge < -0.3 is 14.8 Å². The molecule has 0 unspecified atom stereocenters. The van der Waals surface area contributed by atoms with Crippen LogP contribution in [0.5, 0.6) is 11.5 Å². The van der Waals surface area contributed by atoms with E-state index in [0.717, 1.165) is 34.6 Å². The summed E-state index contributed by atoms with van der Waals surface area (Å²) in [6.45, 7) is 0.530. The van der Waals surface area contributed by atoms with Crippen LogP contribution in [0.4, 0.5) is 0 Å². The molecule has 4 rings (SSSR count). The van der Waals surface area contributed by atoms with Crippen molar-refractivity contribution in [2.45, 2.75) is 18.4 Å². The molecule has 1 aliphatic rings. The van der Waals surface area contributed by atoms with E-state index < -0.39 is 0 Å². The first-order chi connectivity index (χ1) is 14.2. The molecule has 3 aromatic rings. The summed E-state index contributed by atoms with van der Waals surface area (Å²) in [4.78, 5) is 13.1. The number of amides is 1. The third-order valence-corrected chi connectivity index (χ3v) is 5.76. The van der Waals surface area contributed by atoms with Gasteiger partial charge in [0, 0.05) is 12.0 Å². The summed E-state index contributed by atoms with van der Waals surface area (Å²) in [5.41, 5.74) is 2.90. The maximum Gasteiger partial charge on any atom is 0.224 e. The Bertz CT molecular complexity index is 952. The van der Waals surface area contributed by atoms with Crippen LogP contribution in [0.25, 0.3) is 0 Å². The number of methoxy groups -OCH3 is 2. The Morgan fingerprint density at radius 2 is 1.48 bits per heavy atom. The first kappa shape index (κ1) is 19.1. The molecule has 0 spiro atoms. The Morgan fingerprint density at radius 3 is 2.03 bits per heavy atom. The Balaban J connectivity index is 1.64. The van der Waals surface area contributed by atoms with Crippen molar-refractivity contribution in [3.63, 3.8) is 0 Å². The zero-order valence-corrected chi connectivity index (χ0v) is 16.7. The standard InChI is InChI=1S/C25H25NO3/c1-28-21-12-6-10-19(14-21)25(20-11-7-13-22(15-20)29-2)16-23(25)24(27)26-17-18-8-4-3-5-9-18/h3-15,23H,16-17H2,1-2H3,(H,26,27)/t23-/m0/s1. The molecular weight excluding hydrogens is 362 g/mol. The molecular formula is C25H25NO3. The van der Waals surface area contributed by atoms with Crippen molar-refractivity contribution < 1.29 is 14.3 Å². The van der Waals surface area contributed by atoms with E-state index in [-0.39, 0.29) is 17.2 Å². The number of carbonyl (C=O) groups excluding carboxylic acids is 1. The molecule has 1 atom stereocenters. The lowest BCUT2D eigenvalue weighted by Crippen LogP contribution is -2.28. The predicted octanol–water partition coefficient (Wildman–Crippen LogP) is 4.33. The number of rotatable bonds is 7. The minimum absolute atomic E-state index is 0.0690. The van der Waals surface area contributed by atoms with Gasteiger partial charge in [-0.2, -0.15) is 0 Å². The molecule has 4 nitrogen and oxygen atoms in total. The SMILES string of the molecule is COc1cccc(C2(c3cccc(OC)c3)C[C@H]2C(=O)NCc2ccccc2)c1. The lowest BCUT2D eigenvalue weighted by atomic mass is 9.85. The normalized spacial score (nSPS) is 16.7. The van der Waals surface area contributed by atoms with Gasteiger partial charge in [0.25, 0.3) is 0 Å². The van der Waals surface area contributed by atoms with Crippen molar-refractivity contribution in [2.24, 2.45) is 5.92 Å². The van der Waals surface area contributed by atoms with Gasteiger partial charge in [0.2, 0.25) is 5.91 Å². The highest BCUT2D eigenvalue weighted by Gasteiger charge is 2.60. The van der Waals surface area contributed by atoms with Crippen LogP contribution in [0.1, 0.15) is 23.1 Å². The van der Waals surface area contributed by atoms with Gasteiger partial charge in [-0.15, -0.1) is 0 Å². The fourth-order valence-corrected chi connectivity index (χ4v) is 4.09. The van der Waals surface area contributed by atoms with Crippen LogP contribution in [0, 0.1) is 5.92 Å². The van der Waals surface area contributed by atoms with Crippen molar-refractivity contribution >= 4 is 5.91 Å². The van der Waals surface area contributed by atoms with Crippen molar-refractivity contribution in [3.8, 4) is 11.5 Å². The second-order valence-electron chi connectivity index (χ2n) is 7.40. The molecule has 0 radical (unpaired) electrons. The zero-order valence-electron chi connectivity index (χ0n) is 16.7. The van der Waals surface area contributed by atoms with E-state index in [1.165, 1.54) is 0 Å². The minimum Gasteiger partial charge on any atom is -0.497 e. The second-order valence-corrected chi connectivity index (χ2v) is 7.40. The molecule has 148 valence electrons. The third-order valence-electron chi connectivity index (χ3n) is 5.76. The predicted molar refractivity (Wildman–Crippen MR) is 113 cm³/mol. The van der Waals surface area contributed by atoms with E-state index in [0.29, 0.717) is 6.54 Å². The van der Waals surface area contributed by atoms with E-state index >= 15 is 0 Å². The van der Waals surface area contributed by atoms with E-state index in [1.54, 1.807) is 14.2 Å². The van der Waals surface area contributed by atoms with Gasteiger partial charge in [0.1, 0.15) is 11.5 Å². The summed E-state index contributed by atoms with van der Waals surface area (Å²) in [5.74, 6) is 1.52. The summed E-state index contributed by atoms with van der Waals surface area (Å²) in [5, 5.41) is 3.11. The molecule has 3 aromatic carbocycles. The molecule has 0 bridgehead atoms. The second kappa shape index (κ2) is 8.00. The number of carbonyl (C=O) groups is 1. The average Bonchev–Trinajstić information content (AvgIpc) is 3.55. The molecule has 1 fully saturated rings. The van der Waals surface area contributed by atoms with Gasteiger partial charge >= 0.3 is 0 Å². The van der Waals surface area contributed by atoms with Crippen molar-refractivity contribution in [1.29, 1.82) is 0 Å². The molecule has 0 heterocycles. The van der Waals surface area contributed by atoms with Crippen LogP contribution in [-0.4, -0.2) is 20.1 Å². The Labute approximate surface area is 171 Å². The topological polar surface area (TPSA) is 47.6 Å². The number of hydrogen-bond donors (Lipinski definition) is 1. The van der Waals surface area contributed by atoms with Crippen LogP contribution >= 0.6 is 0 Å². The van der Waals surface area contributed by atoms with Crippen LogP contribution in [0.15, 0.2) is 78.9 Å². The van der Waals surface area contributed by atoms with E-state index in [4.69, 9.17) is 9.47 Å². The van der Waals surface area contributed by atoms with Crippen molar-refractivity contribution in [1.82, 2.24) is 5.32 Å². The highest BCUT2D eigenvalue weighted by atomic mass is 16.5. The fourth-order valence-electron chi connectivity index (χ4n) is 4.09. The number of benzene rings is 3. The van der Waals surface area contributed by atoms with E-state index in [9.17, 15) is 4.79 Å². The number of nitrogens with one attached hydrogen (secondary N) is 1. The van der Waals surface area contributed by atoms with Gasteiger partial charge in [-0.3, -0.25) is 4.79 Å². The van der Waals surface area contributed by atoms with Gasteiger partial charge in [0.15, 0.2) is 0 Å². The average molecular weight is 387 g/mol. The molecule has 1 saturated carbocycles. The maximum atomic E-state index is 13.1. The Hall–Kier alpha value is -3.27. The largest absolute Gasteiger partial charge is 0.497 e. The molecule has 1 amide bonds. The summed E-state index contributed by atoms with van der Waals surface area (Å²) in [7, 11) is 3.32. The van der Waals surface area contributed by atoms with Crippen LogP contribution in [-0.2, 0) is 16.8 Å². The van der Waals surface area contributed by atoms with E-state index in [2.05, 4.69) is 17.4 Å². The smallest absolute Gasteiger partial charge is 0.224 e. The molecule has 0 aliphatic heterocycles. The van der Waals surface area contributed by atoms with Crippen LogP contribution in [0.3, 0.4) is 0 Å². The summed E-state index contributed by atoms with van der Waals surface area (Å²) in [6, 6.07) is 26.0. The monoisotopic (exact) mass is 387 g/mol. The third kappa shape index (κ3) is 3.70. The quantitative estimate of drug-likeness (QED) is 0.657. The summed E-state index contributed by atoms with van der Waals surface area (Å²) >= 11 is 0. The first-order valence-electron chi connectivity index (χ1n) is 9.78. The lowest BCUT2D eigenvalue weighted by Gasteiger charge is -2.20. The number of ether oxygens (including phenoxy) is 2. The highest BCUT2D eigenvalue weighted by molar-refractivity contribution is 5.86. The van der Waals surface area contributed by atoms with Gasteiger partial charge in [0.05, 0.1) is 20.1 Å². The van der Waals surface area contributed by atoms with Crippen molar-refractivity contribution in [2.75, 3.05) is 14.2 Å². The molecule has 29 heavy (non-hydrogen) atoms. The fraction of sp³-hybridized carbons (Fsp3) is 0.240.